The Hall–Kier alpha value is -3.41. The van der Waals surface area contributed by atoms with Crippen molar-refractivity contribution in [3.05, 3.63) is 71.4 Å². The van der Waals surface area contributed by atoms with Crippen molar-refractivity contribution < 1.29 is 14.6 Å². The molecule has 6 heteroatoms. The number of carbonyl (C=O) groups is 1. The standard InChI is InChI=1S/C20H19N3O3/c1-13-17(19(24)25)18(23-20(21)22-13)15-7-9-16(10-8-15)26-12-11-14-5-3-2-4-6-14/h2-10H,11-12H2,1H3,(H,24,25)(H2,21,22,23). The summed E-state index contributed by atoms with van der Waals surface area (Å²) in [4.78, 5) is 19.6. The average molecular weight is 349 g/mol. The summed E-state index contributed by atoms with van der Waals surface area (Å²) in [5.74, 6) is -0.327. The van der Waals surface area contributed by atoms with Gasteiger partial charge in [0.15, 0.2) is 0 Å². The van der Waals surface area contributed by atoms with E-state index in [2.05, 4.69) is 22.1 Å². The molecule has 2 aromatic carbocycles. The Morgan fingerprint density at radius 3 is 2.42 bits per heavy atom. The number of anilines is 1. The van der Waals surface area contributed by atoms with Crippen LogP contribution in [0.5, 0.6) is 5.75 Å². The van der Waals surface area contributed by atoms with Gasteiger partial charge in [0.25, 0.3) is 0 Å². The minimum absolute atomic E-state index is 0.0469. The molecule has 1 aromatic heterocycles. The van der Waals surface area contributed by atoms with Crippen LogP contribution in [-0.4, -0.2) is 27.7 Å². The number of hydrogen-bond donors (Lipinski definition) is 2. The molecule has 0 fully saturated rings. The first kappa shape index (κ1) is 17.4. The minimum Gasteiger partial charge on any atom is -0.493 e. The van der Waals surface area contributed by atoms with Crippen molar-refractivity contribution in [1.29, 1.82) is 0 Å². The molecule has 0 radical (unpaired) electrons. The van der Waals surface area contributed by atoms with Crippen LogP contribution >= 0.6 is 0 Å². The van der Waals surface area contributed by atoms with Crippen LogP contribution in [0.3, 0.4) is 0 Å². The van der Waals surface area contributed by atoms with E-state index in [1.165, 1.54) is 5.56 Å². The molecule has 0 amide bonds. The summed E-state index contributed by atoms with van der Waals surface area (Å²) in [6.07, 6.45) is 0.813. The lowest BCUT2D eigenvalue weighted by Gasteiger charge is -2.10. The monoisotopic (exact) mass is 349 g/mol. The number of nitrogens with zero attached hydrogens (tertiary/aromatic N) is 2. The Morgan fingerprint density at radius 1 is 1.08 bits per heavy atom. The first-order valence-corrected chi connectivity index (χ1v) is 8.19. The van der Waals surface area contributed by atoms with Gasteiger partial charge in [0.05, 0.1) is 18.0 Å². The molecule has 0 unspecified atom stereocenters. The number of rotatable bonds is 6. The van der Waals surface area contributed by atoms with Gasteiger partial charge in [-0.1, -0.05) is 30.3 Å². The molecule has 0 saturated heterocycles. The maximum Gasteiger partial charge on any atom is 0.339 e. The molecule has 1 heterocycles. The fraction of sp³-hybridized carbons (Fsp3) is 0.150. The second-order valence-electron chi connectivity index (χ2n) is 5.80. The highest BCUT2D eigenvalue weighted by atomic mass is 16.5. The zero-order chi connectivity index (χ0) is 18.5. The van der Waals surface area contributed by atoms with Crippen molar-refractivity contribution in [1.82, 2.24) is 9.97 Å². The summed E-state index contributed by atoms with van der Waals surface area (Å²) in [7, 11) is 0. The molecule has 0 spiro atoms. The van der Waals surface area contributed by atoms with Crippen molar-refractivity contribution in [2.24, 2.45) is 0 Å². The SMILES string of the molecule is Cc1nc(N)nc(-c2ccc(OCCc3ccccc3)cc2)c1C(=O)O. The highest BCUT2D eigenvalue weighted by Gasteiger charge is 2.18. The second-order valence-corrected chi connectivity index (χ2v) is 5.80. The smallest absolute Gasteiger partial charge is 0.339 e. The van der Waals surface area contributed by atoms with Crippen molar-refractivity contribution in [3.63, 3.8) is 0 Å². The van der Waals surface area contributed by atoms with Crippen molar-refractivity contribution in [2.45, 2.75) is 13.3 Å². The lowest BCUT2D eigenvalue weighted by atomic mass is 10.0. The second kappa shape index (κ2) is 7.65. The van der Waals surface area contributed by atoms with Crippen LogP contribution < -0.4 is 10.5 Å². The Balaban J connectivity index is 1.75. The van der Waals surface area contributed by atoms with E-state index >= 15 is 0 Å². The van der Waals surface area contributed by atoms with Crippen LogP contribution in [-0.2, 0) is 6.42 Å². The number of benzene rings is 2. The van der Waals surface area contributed by atoms with Crippen LogP contribution in [0.2, 0.25) is 0 Å². The summed E-state index contributed by atoms with van der Waals surface area (Å²) in [5.41, 5.74) is 8.23. The molecular weight excluding hydrogens is 330 g/mol. The molecular formula is C20H19N3O3. The van der Waals surface area contributed by atoms with Gasteiger partial charge in [-0.05, 0) is 36.8 Å². The number of carboxylic acid groups (broad SMARTS) is 1. The predicted molar refractivity (Wildman–Crippen MR) is 99.2 cm³/mol. The Morgan fingerprint density at radius 2 is 1.77 bits per heavy atom. The summed E-state index contributed by atoms with van der Waals surface area (Å²) in [6.45, 7) is 2.16. The zero-order valence-electron chi connectivity index (χ0n) is 14.3. The normalized spacial score (nSPS) is 10.5. The molecule has 3 rings (SSSR count). The van der Waals surface area contributed by atoms with E-state index in [0.29, 0.717) is 29.3 Å². The first-order chi connectivity index (χ1) is 12.5. The molecule has 0 aliphatic carbocycles. The fourth-order valence-electron chi connectivity index (χ4n) is 2.70. The molecule has 3 N–H and O–H groups in total. The molecule has 26 heavy (non-hydrogen) atoms. The van der Waals surface area contributed by atoms with Crippen LogP contribution in [0.4, 0.5) is 5.95 Å². The Bertz CT molecular complexity index is 910. The highest BCUT2D eigenvalue weighted by molar-refractivity contribution is 5.96. The summed E-state index contributed by atoms with van der Waals surface area (Å²) in [6, 6.07) is 17.2. The van der Waals surface area contributed by atoms with Gasteiger partial charge in [-0.15, -0.1) is 0 Å². The van der Waals surface area contributed by atoms with Gasteiger partial charge in [0.1, 0.15) is 11.3 Å². The van der Waals surface area contributed by atoms with Crippen molar-refractivity contribution in [2.75, 3.05) is 12.3 Å². The third-order valence-electron chi connectivity index (χ3n) is 3.95. The zero-order valence-corrected chi connectivity index (χ0v) is 14.3. The molecule has 132 valence electrons. The number of aryl methyl sites for hydroxylation is 1. The number of aromatic nitrogens is 2. The molecule has 0 atom stereocenters. The summed E-state index contributed by atoms with van der Waals surface area (Å²) >= 11 is 0. The first-order valence-electron chi connectivity index (χ1n) is 8.19. The van der Waals surface area contributed by atoms with Gasteiger partial charge in [0, 0.05) is 12.0 Å². The number of ether oxygens (including phenoxy) is 1. The fourth-order valence-corrected chi connectivity index (χ4v) is 2.70. The van der Waals surface area contributed by atoms with Gasteiger partial charge < -0.3 is 15.6 Å². The quantitative estimate of drug-likeness (QED) is 0.708. The number of nitrogens with two attached hydrogens (primary N) is 1. The summed E-state index contributed by atoms with van der Waals surface area (Å²) in [5, 5.41) is 9.43. The Labute approximate surface area is 151 Å². The number of aromatic carboxylic acids is 1. The number of nitrogen functional groups attached to an aromatic ring is 1. The van der Waals surface area contributed by atoms with Crippen molar-refractivity contribution in [3.8, 4) is 17.0 Å². The van der Waals surface area contributed by atoms with Crippen LogP contribution in [0.25, 0.3) is 11.3 Å². The molecule has 0 aliphatic heterocycles. The number of carboxylic acids is 1. The van der Waals surface area contributed by atoms with Crippen molar-refractivity contribution >= 4 is 11.9 Å². The maximum absolute atomic E-state index is 11.5. The average Bonchev–Trinajstić information content (AvgIpc) is 2.62. The van der Waals surface area contributed by atoms with Crippen LogP contribution in [0, 0.1) is 6.92 Å². The Kier molecular flexibility index (Phi) is 5.12. The predicted octanol–water partition coefficient (Wildman–Crippen LogP) is 3.35. The van der Waals surface area contributed by atoms with E-state index in [0.717, 1.165) is 6.42 Å². The third-order valence-corrected chi connectivity index (χ3v) is 3.95. The van der Waals surface area contributed by atoms with Gasteiger partial charge in [-0.2, -0.15) is 0 Å². The topological polar surface area (TPSA) is 98.3 Å². The van der Waals surface area contributed by atoms with E-state index in [1.807, 2.05) is 18.2 Å². The third kappa shape index (κ3) is 3.97. The van der Waals surface area contributed by atoms with Gasteiger partial charge in [-0.25, -0.2) is 14.8 Å². The molecule has 0 bridgehead atoms. The van der Waals surface area contributed by atoms with E-state index in [1.54, 1.807) is 31.2 Å². The van der Waals surface area contributed by atoms with Crippen LogP contribution in [0.15, 0.2) is 54.6 Å². The maximum atomic E-state index is 11.5. The molecule has 0 saturated carbocycles. The lowest BCUT2D eigenvalue weighted by molar-refractivity contribution is 0.0696. The molecule has 3 aromatic rings. The lowest BCUT2D eigenvalue weighted by Crippen LogP contribution is -2.09. The van der Waals surface area contributed by atoms with Crippen LogP contribution in [0.1, 0.15) is 21.6 Å². The molecule has 0 aliphatic rings. The van der Waals surface area contributed by atoms with Gasteiger partial charge >= 0.3 is 5.97 Å². The van der Waals surface area contributed by atoms with E-state index in [9.17, 15) is 9.90 Å². The largest absolute Gasteiger partial charge is 0.493 e. The highest BCUT2D eigenvalue weighted by Crippen LogP contribution is 2.26. The summed E-state index contributed by atoms with van der Waals surface area (Å²) < 4.78 is 5.75. The van der Waals surface area contributed by atoms with Gasteiger partial charge in [-0.3, -0.25) is 0 Å². The van der Waals surface area contributed by atoms with Gasteiger partial charge in [0.2, 0.25) is 5.95 Å². The number of hydrogen-bond acceptors (Lipinski definition) is 5. The van der Waals surface area contributed by atoms with E-state index < -0.39 is 5.97 Å². The molecule has 6 nitrogen and oxygen atoms in total. The minimum atomic E-state index is -1.08. The van der Waals surface area contributed by atoms with E-state index in [4.69, 9.17) is 10.5 Å². The van der Waals surface area contributed by atoms with E-state index in [-0.39, 0.29) is 11.5 Å².